The topological polar surface area (TPSA) is 456 Å². The van der Waals surface area contributed by atoms with Gasteiger partial charge in [0.05, 0.1) is 39.6 Å². The number of hydrogen-bond donors (Lipinski definition) is 18. The number of carbonyl (C=O) groups is 2. The summed E-state index contributed by atoms with van der Waals surface area (Å²) in [5, 5.41) is 171. The van der Waals surface area contributed by atoms with Crippen molar-refractivity contribution in [2.75, 3.05) is 39.6 Å². The lowest BCUT2D eigenvalue weighted by molar-refractivity contribution is -0.354. The van der Waals surface area contributed by atoms with Crippen LogP contribution in [-0.2, 0) is 47.5 Å². The molecule has 0 radical (unpaired) electrons. The molecule has 2 amide bonds. The first-order valence-corrected chi connectivity index (χ1v) is 19.5. The van der Waals surface area contributed by atoms with Crippen molar-refractivity contribution in [3.05, 3.63) is 0 Å². The minimum atomic E-state index is -2.26. The first-order valence-electron chi connectivity index (χ1n) is 19.5. The van der Waals surface area contributed by atoms with E-state index >= 15 is 0 Å². The second kappa shape index (κ2) is 23.4. The van der Waals surface area contributed by atoms with Gasteiger partial charge < -0.3 is 130 Å². The normalized spacial score (nSPS) is 43.6. The Bertz CT molecular complexity index is 1390. The molecule has 362 valence electrons. The lowest BCUT2D eigenvalue weighted by atomic mass is 9.95. The third kappa shape index (κ3) is 12.1. The Balaban J connectivity index is 1.44. The van der Waals surface area contributed by atoms with Crippen molar-refractivity contribution in [2.45, 2.75) is 161 Å². The van der Waals surface area contributed by atoms with Crippen molar-refractivity contribution in [1.29, 1.82) is 0 Å². The SMILES string of the molecule is CC(=O)N[C@H]1[C@H](OC[C@@H](O)[C@@H](O)[C@H](O)[C@@H](CO)O[C@@H]2O[C@H](CO)[C@@H](O[C@@H]3O[C@H](CO)[C@H](O)[C@H](O)[C@H]3O)[C@H](O)[C@H]2NC(C)=O)O[C@H](CO)[C@@H](O[C@@H]2O[C@H](CO)[C@H](O)[C@H](O)[C@H]2O)[C@@H]1O. The molecule has 0 bridgehead atoms. The monoisotopic (exact) mass is 912 g/mol. The van der Waals surface area contributed by atoms with Gasteiger partial charge in [-0.05, 0) is 0 Å². The second-order valence-electron chi connectivity index (χ2n) is 15.2. The van der Waals surface area contributed by atoms with Crippen LogP contribution in [0.3, 0.4) is 0 Å². The van der Waals surface area contributed by atoms with Gasteiger partial charge in [-0.25, -0.2) is 0 Å². The highest BCUT2D eigenvalue weighted by molar-refractivity contribution is 5.73. The predicted molar refractivity (Wildman–Crippen MR) is 192 cm³/mol. The Labute approximate surface area is 352 Å². The summed E-state index contributed by atoms with van der Waals surface area (Å²) in [5.74, 6) is -1.56. The van der Waals surface area contributed by atoms with Crippen molar-refractivity contribution >= 4 is 11.8 Å². The van der Waals surface area contributed by atoms with E-state index in [9.17, 15) is 91.3 Å². The Morgan fingerprint density at radius 3 is 1.29 bits per heavy atom. The highest BCUT2D eigenvalue weighted by atomic mass is 16.8. The molecule has 28 heteroatoms. The summed E-state index contributed by atoms with van der Waals surface area (Å²) in [6.45, 7) is -3.53. The van der Waals surface area contributed by atoms with Crippen LogP contribution in [0.2, 0.25) is 0 Å². The van der Waals surface area contributed by atoms with Gasteiger partial charge in [0.1, 0.15) is 122 Å². The van der Waals surface area contributed by atoms with Gasteiger partial charge in [0, 0.05) is 13.8 Å². The van der Waals surface area contributed by atoms with E-state index in [1.54, 1.807) is 0 Å². The fourth-order valence-electron chi connectivity index (χ4n) is 7.32. The molecule has 4 aliphatic rings. The van der Waals surface area contributed by atoms with Gasteiger partial charge in [-0.1, -0.05) is 0 Å². The minimum absolute atomic E-state index is 0.762. The molecule has 62 heavy (non-hydrogen) atoms. The zero-order chi connectivity index (χ0) is 46.3. The first-order chi connectivity index (χ1) is 29.2. The lowest BCUT2D eigenvalue weighted by Crippen LogP contribution is -2.68. The quantitative estimate of drug-likeness (QED) is 0.0572. The zero-order valence-corrected chi connectivity index (χ0v) is 33.3. The average Bonchev–Trinajstić information content (AvgIpc) is 3.24. The van der Waals surface area contributed by atoms with Crippen LogP contribution in [0.25, 0.3) is 0 Å². The Hall–Kier alpha value is -2.02. The molecule has 18 N–H and O–H groups in total. The third-order valence-corrected chi connectivity index (χ3v) is 10.8. The van der Waals surface area contributed by atoms with E-state index in [1.165, 1.54) is 0 Å². The van der Waals surface area contributed by atoms with Gasteiger partial charge in [0.25, 0.3) is 0 Å². The summed E-state index contributed by atoms with van der Waals surface area (Å²) < 4.78 is 44.4. The zero-order valence-electron chi connectivity index (χ0n) is 33.3. The number of aliphatic hydroxyl groups excluding tert-OH is 16. The molecule has 4 fully saturated rings. The number of amides is 2. The van der Waals surface area contributed by atoms with E-state index in [4.69, 9.17) is 37.9 Å². The van der Waals surface area contributed by atoms with Crippen LogP contribution in [0.1, 0.15) is 13.8 Å². The fraction of sp³-hybridized carbons (Fsp3) is 0.941. The number of ether oxygens (including phenoxy) is 8. The lowest BCUT2D eigenvalue weighted by Gasteiger charge is -2.48. The van der Waals surface area contributed by atoms with Crippen LogP contribution in [0, 0.1) is 0 Å². The van der Waals surface area contributed by atoms with E-state index < -0.39 is 199 Å². The van der Waals surface area contributed by atoms with Crippen LogP contribution < -0.4 is 10.6 Å². The van der Waals surface area contributed by atoms with Crippen molar-refractivity contribution < 1.29 is 129 Å². The molecule has 0 aromatic heterocycles. The molecule has 0 saturated carbocycles. The molecule has 4 saturated heterocycles. The predicted octanol–water partition coefficient (Wildman–Crippen LogP) is -12.0. The van der Waals surface area contributed by atoms with Crippen LogP contribution in [0.15, 0.2) is 0 Å². The summed E-state index contributed by atoms with van der Waals surface area (Å²) in [7, 11) is 0. The highest BCUT2D eigenvalue weighted by Gasteiger charge is 2.54. The maximum absolute atomic E-state index is 12.2. The largest absolute Gasteiger partial charge is 0.394 e. The first kappa shape index (κ1) is 52.6. The summed E-state index contributed by atoms with van der Waals surface area (Å²) in [4.78, 5) is 24.3. The molecule has 24 atom stereocenters. The molecule has 28 nitrogen and oxygen atoms in total. The molecule has 0 spiro atoms. The van der Waals surface area contributed by atoms with Crippen LogP contribution >= 0.6 is 0 Å². The molecule has 0 aromatic rings. The number of aliphatic hydroxyl groups is 16. The summed E-state index contributed by atoms with van der Waals surface area (Å²) in [5.41, 5.74) is 0. The average molecular weight is 913 g/mol. The highest BCUT2D eigenvalue weighted by Crippen LogP contribution is 2.32. The molecule has 4 heterocycles. The maximum atomic E-state index is 12.2. The summed E-state index contributed by atoms with van der Waals surface area (Å²) in [6.07, 6.45) is -40.0. The van der Waals surface area contributed by atoms with Crippen LogP contribution in [0.5, 0.6) is 0 Å². The maximum Gasteiger partial charge on any atom is 0.217 e. The summed E-state index contributed by atoms with van der Waals surface area (Å²) >= 11 is 0. The van der Waals surface area contributed by atoms with Crippen molar-refractivity contribution in [3.63, 3.8) is 0 Å². The van der Waals surface area contributed by atoms with Gasteiger partial charge in [-0.3, -0.25) is 9.59 Å². The molecule has 0 unspecified atom stereocenters. The van der Waals surface area contributed by atoms with E-state index in [-0.39, 0.29) is 0 Å². The van der Waals surface area contributed by atoms with Crippen LogP contribution in [-0.4, -0.2) is 280 Å². The van der Waals surface area contributed by atoms with Gasteiger partial charge in [-0.2, -0.15) is 0 Å². The Morgan fingerprint density at radius 1 is 0.516 bits per heavy atom. The van der Waals surface area contributed by atoms with Crippen LogP contribution in [0.4, 0.5) is 0 Å². The summed E-state index contributed by atoms with van der Waals surface area (Å²) in [6, 6.07) is -3.24. The molecule has 4 rings (SSSR count). The Morgan fingerprint density at radius 2 is 0.903 bits per heavy atom. The molecule has 0 aromatic carbocycles. The minimum Gasteiger partial charge on any atom is -0.394 e. The number of nitrogens with one attached hydrogen (secondary N) is 2. The van der Waals surface area contributed by atoms with Crippen molar-refractivity contribution in [3.8, 4) is 0 Å². The van der Waals surface area contributed by atoms with Gasteiger partial charge >= 0.3 is 0 Å². The number of hydrogen-bond acceptors (Lipinski definition) is 26. The molecule has 4 aliphatic heterocycles. The number of rotatable bonds is 19. The van der Waals surface area contributed by atoms with Gasteiger partial charge in [-0.15, -0.1) is 0 Å². The van der Waals surface area contributed by atoms with Crippen molar-refractivity contribution in [1.82, 2.24) is 10.6 Å². The van der Waals surface area contributed by atoms with Gasteiger partial charge in [0.15, 0.2) is 25.2 Å². The van der Waals surface area contributed by atoms with E-state index in [2.05, 4.69) is 10.6 Å². The third-order valence-electron chi connectivity index (χ3n) is 10.8. The van der Waals surface area contributed by atoms with E-state index in [1.807, 2.05) is 0 Å². The van der Waals surface area contributed by atoms with E-state index in [0.29, 0.717) is 0 Å². The number of carbonyl (C=O) groups excluding carboxylic acids is 2. The van der Waals surface area contributed by atoms with Crippen molar-refractivity contribution in [2.24, 2.45) is 0 Å². The standard InChI is InChI=1S/C34H60N2O26/c1-9(42)35-17-23(49)29(61-33-27(53)25(51)21(47)13(4-38)57-33)15(6-40)59-31(17)55-8-11(44)19(45)20(46)12(3-37)56-32-18(36-10(2)43)24(50)30(16(7-41)60-32)62-34-28(54)26(52)22(48)14(5-39)58-34/h11-34,37-41,44-54H,3-8H2,1-2H3,(H,35,42)(H,36,43)/t11-,12-,13-,14-,15-,16-,17-,18-,19-,20-,21+,22+,23-,24-,25+,26+,27-,28-,29-,30-,31-,32-,33+,34+/m1/s1. The fourth-order valence-corrected chi connectivity index (χ4v) is 7.32. The Kier molecular flexibility index (Phi) is 19.9. The van der Waals surface area contributed by atoms with Gasteiger partial charge in [0.2, 0.25) is 11.8 Å². The second-order valence-corrected chi connectivity index (χ2v) is 15.2. The van der Waals surface area contributed by atoms with E-state index in [0.717, 1.165) is 13.8 Å². The molecular formula is C34H60N2O26. The smallest absolute Gasteiger partial charge is 0.217 e. The molecular weight excluding hydrogens is 852 g/mol. The molecule has 0 aliphatic carbocycles.